The predicted molar refractivity (Wildman–Crippen MR) is 88.8 cm³/mol. The third kappa shape index (κ3) is 4.41. The van der Waals surface area contributed by atoms with Crippen molar-refractivity contribution in [1.82, 2.24) is 5.32 Å². The molecule has 0 saturated heterocycles. The molecule has 0 unspecified atom stereocenters. The van der Waals surface area contributed by atoms with Crippen LogP contribution in [0.5, 0.6) is 5.75 Å². The molecule has 0 aliphatic carbocycles. The second kappa shape index (κ2) is 8.38. The lowest BCUT2D eigenvalue weighted by atomic mass is 10.2. The number of nitrogens with one attached hydrogen (secondary N) is 1. The standard InChI is InChI=1S/C17H14N2O7/c1-25-14-9-5-3-7-12(14)16(21)18-15(20)10-26-17(22)11-6-2-4-8-13(11)19(23)24/h2-9H,10H2,1H3,(H,18,20,21). The van der Waals surface area contributed by atoms with Gasteiger partial charge in [-0.3, -0.25) is 25.0 Å². The zero-order chi connectivity index (χ0) is 19.1. The summed E-state index contributed by atoms with van der Waals surface area (Å²) in [6.07, 6.45) is 0. The third-order valence-electron chi connectivity index (χ3n) is 3.26. The SMILES string of the molecule is COc1ccccc1C(=O)NC(=O)COC(=O)c1ccccc1[N+](=O)[O-]. The van der Waals surface area contributed by atoms with Crippen LogP contribution in [0.4, 0.5) is 5.69 Å². The number of carbonyl (C=O) groups excluding carboxylic acids is 3. The van der Waals surface area contributed by atoms with Crippen LogP contribution >= 0.6 is 0 Å². The van der Waals surface area contributed by atoms with Gasteiger partial charge < -0.3 is 9.47 Å². The van der Waals surface area contributed by atoms with Crippen LogP contribution < -0.4 is 10.1 Å². The van der Waals surface area contributed by atoms with Crippen LogP contribution in [0.3, 0.4) is 0 Å². The average Bonchev–Trinajstić information content (AvgIpc) is 2.65. The number of rotatable bonds is 6. The van der Waals surface area contributed by atoms with Crippen LogP contribution in [-0.4, -0.2) is 36.4 Å². The number of nitro groups is 1. The van der Waals surface area contributed by atoms with Crippen LogP contribution in [0.1, 0.15) is 20.7 Å². The van der Waals surface area contributed by atoms with Crippen molar-refractivity contribution >= 4 is 23.5 Å². The molecule has 2 aromatic carbocycles. The fraction of sp³-hybridized carbons (Fsp3) is 0.118. The largest absolute Gasteiger partial charge is 0.496 e. The number of para-hydroxylation sites is 2. The average molecular weight is 358 g/mol. The number of nitro benzene ring substituents is 1. The highest BCUT2D eigenvalue weighted by atomic mass is 16.6. The zero-order valence-electron chi connectivity index (χ0n) is 13.6. The molecule has 0 bridgehead atoms. The molecular weight excluding hydrogens is 344 g/mol. The van der Waals surface area contributed by atoms with Gasteiger partial charge in [0.1, 0.15) is 11.3 Å². The maximum atomic E-state index is 12.1. The van der Waals surface area contributed by atoms with Crippen molar-refractivity contribution in [2.45, 2.75) is 0 Å². The molecule has 9 nitrogen and oxygen atoms in total. The van der Waals surface area contributed by atoms with E-state index in [4.69, 9.17) is 9.47 Å². The molecule has 0 spiro atoms. The van der Waals surface area contributed by atoms with Gasteiger partial charge in [0, 0.05) is 6.07 Å². The molecule has 0 atom stereocenters. The van der Waals surface area contributed by atoms with Crippen molar-refractivity contribution in [3.63, 3.8) is 0 Å². The molecule has 0 aromatic heterocycles. The Kier molecular flexibility index (Phi) is 5.99. The first kappa shape index (κ1) is 18.6. The van der Waals surface area contributed by atoms with E-state index in [2.05, 4.69) is 0 Å². The normalized spacial score (nSPS) is 9.88. The van der Waals surface area contributed by atoms with E-state index in [0.717, 1.165) is 6.07 Å². The van der Waals surface area contributed by atoms with E-state index in [-0.39, 0.29) is 16.9 Å². The van der Waals surface area contributed by atoms with Gasteiger partial charge in [-0.2, -0.15) is 0 Å². The molecule has 2 aromatic rings. The smallest absolute Gasteiger partial charge is 0.345 e. The van der Waals surface area contributed by atoms with Crippen LogP contribution in [0.15, 0.2) is 48.5 Å². The number of nitrogens with zero attached hydrogens (tertiary/aromatic N) is 1. The molecule has 0 heterocycles. The first-order valence-corrected chi connectivity index (χ1v) is 7.31. The van der Waals surface area contributed by atoms with Crippen molar-refractivity contribution in [3.05, 3.63) is 69.8 Å². The van der Waals surface area contributed by atoms with Crippen LogP contribution in [0.2, 0.25) is 0 Å². The quantitative estimate of drug-likeness (QED) is 0.473. The maximum Gasteiger partial charge on any atom is 0.345 e. The minimum absolute atomic E-state index is 0.133. The monoisotopic (exact) mass is 358 g/mol. The maximum absolute atomic E-state index is 12.1. The van der Waals surface area contributed by atoms with Gasteiger partial charge in [-0.1, -0.05) is 24.3 Å². The number of imide groups is 1. The van der Waals surface area contributed by atoms with Gasteiger partial charge in [-0.05, 0) is 18.2 Å². The highest BCUT2D eigenvalue weighted by molar-refractivity contribution is 6.07. The molecule has 2 amide bonds. The first-order chi connectivity index (χ1) is 12.4. The summed E-state index contributed by atoms with van der Waals surface area (Å²) in [6.45, 7) is -0.772. The lowest BCUT2D eigenvalue weighted by Crippen LogP contribution is -2.34. The Morgan fingerprint density at radius 1 is 1.04 bits per heavy atom. The van der Waals surface area contributed by atoms with Gasteiger partial charge in [-0.15, -0.1) is 0 Å². The summed E-state index contributed by atoms with van der Waals surface area (Å²) < 4.78 is 9.75. The highest BCUT2D eigenvalue weighted by Gasteiger charge is 2.22. The van der Waals surface area contributed by atoms with Gasteiger partial charge in [0.15, 0.2) is 6.61 Å². The number of hydrogen-bond donors (Lipinski definition) is 1. The van der Waals surface area contributed by atoms with Crippen molar-refractivity contribution in [2.75, 3.05) is 13.7 Å². The molecule has 134 valence electrons. The second-order valence-electron chi connectivity index (χ2n) is 4.93. The van der Waals surface area contributed by atoms with Crippen molar-refractivity contribution in [1.29, 1.82) is 0 Å². The summed E-state index contributed by atoms with van der Waals surface area (Å²) in [6, 6.07) is 11.4. The summed E-state index contributed by atoms with van der Waals surface area (Å²) in [5.41, 5.74) is -0.599. The Labute approximate surface area is 147 Å². The summed E-state index contributed by atoms with van der Waals surface area (Å²) in [5, 5.41) is 12.9. The van der Waals surface area contributed by atoms with E-state index in [9.17, 15) is 24.5 Å². The fourth-order valence-corrected chi connectivity index (χ4v) is 2.08. The van der Waals surface area contributed by atoms with E-state index >= 15 is 0 Å². The molecule has 0 saturated carbocycles. The van der Waals surface area contributed by atoms with Gasteiger partial charge in [-0.25, -0.2) is 4.79 Å². The van der Waals surface area contributed by atoms with Crippen molar-refractivity contribution in [2.24, 2.45) is 0 Å². The minimum Gasteiger partial charge on any atom is -0.496 e. The molecule has 1 N–H and O–H groups in total. The van der Waals surface area contributed by atoms with E-state index in [1.807, 2.05) is 5.32 Å². The fourth-order valence-electron chi connectivity index (χ4n) is 2.08. The summed E-state index contributed by atoms with van der Waals surface area (Å²) in [4.78, 5) is 45.9. The predicted octanol–water partition coefficient (Wildman–Crippen LogP) is 1.72. The summed E-state index contributed by atoms with van der Waals surface area (Å²) in [5.74, 6) is -2.38. The van der Waals surface area contributed by atoms with E-state index in [1.165, 1.54) is 31.4 Å². The molecule has 2 rings (SSSR count). The van der Waals surface area contributed by atoms with Gasteiger partial charge >= 0.3 is 5.97 Å². The number of benzene rings is 2. The van der Waals surface area contributed by atoms with Gasteiger partial charge in [0.25, 0.3) is 17.5 Å². The minimum atomic E-state index is -1.04. The number of amides is 2. The second-order valence-corrected chi connectivity index (χ2v) is 4.93. The van der Waals surface area contributed by atoms with Crippen molar-refractivity contribution < 1.29 is 28.8 Å². The highest BCUT2D eigenvalue weighted by Crippen LogP contribution is 2.19. The molecular formula is C17H14N2O7. The number of ether oxygens (including phenoxy) is 2. The molecule has 0 aliphatic heterocycles. The summed E-state index contributed by atoms with van der Waals surface area (Å²) >= 11 is 0. The number of carbonyl (C=O) groups is 3. The number of methoxy groups -OCH3 is 1. The molecule has 26 heavy (non-hydrogen) atoms. The van der Waals surface area contributed by atoms with E-state index in [1.54, 1.807) is 18.2 Å². The Morgan fingerprint density at radius 3 is 2.31 bits per heavy atom. The van der Waals surface area contributed by atoms with Crippen molar-refractivity contribution in [3.8, 4) is 5.75 Å². The van der Waals surface area contributed by atoms with E-state index < -0.39 is 35.0 Å². The Hall–Kier alpha value is -3.75. The van der Waals surface area contributed by atoms with Crippen LogP contribution in [-0.2, 0) is 9.53 Å². The Balaban J connectivity index is 1.98. The number of esters is 1. The third-order valence-corrected chi connectivity index (χ3v) is 3.26. The van der Waals surface area contributed by atoms with Gasteiger partial charge in [0.2, 0.25) is 0 Å². The molecule has 0 fully saturated rings. The molecule has 0 radical (unpaired) electrons. The Bertz CT molecular complexity index is 864. The Morgan fingerprint density at radius 2 is 1.65 bits per heavy atom. The van der Waals surface area contributed by atoms with Crippen LogP contribution in [0.25, 0.3) is 0 Å². The van der Waals surface area contributed by atoms with E-state index in [0.29, 0.717) is 0 Å². The lowest BCUT2D eigenvalue weighted by molar-refractivity contribution is -0.385. The van der Waals surface area contributed by atoms with Gasteiger partial charge in [0.05, 0.1) is 17.6 Å². The first-order valence-electron chi connectivity index (χ1n) is 7.31. The molecule has 0 aliphatic rings. The lowest BCUT2D eigenvalue weighted by Gasteiger charge is -2.08. The van der Waals surface area contributed by atoms with Crippen LogP contribution in [0, 0.1) is 10.1 Å². The summed E-state index contributed by atoms with van der Waals surface area (Å²) in [7, 11) is 1.38. The zero-order valence-corrected chi connectivity index (χ0v) is 13.6. The number of hydrogen-bond acceptors (Lipinski definition) is 7. The topological polar surface area (TPSA) is 125 Å². The molecule has 9 heteroatoms.